The van der Waals surface area contributed by atoms with Crippen molar-refractivity contribution in [1.29, 1.82) is 0 Å². The number of rotatable bonds is 4. The van der Waals surface area contributed by atoms with Crippen LogP contribution in [0.1, 0.15) is 37.6 Å². The predicted octanol–water partition coefficient (Wildman–Crippen LogP) is 3.48. The second kappa shape index (κ2) is 5.69. The first-order chi connectivity index (χ1) is 9.78. The number of aromatic carboxylic acids is 1. The van der Waals surface area contributed by atoms with Crippen LogP contribution in [0.15, 0.2) is 22.0 Å². The zero-order chi connectivity index (χ0) is 15.6. The number of carboxylic acids is 1. The lowest BCUT2D eigenvalue weighted by Crippen LogP contribution is -2.20. The smallest absolute Gasteiger partial charge is 0.343 e. The minimum atomic E-state index is -1.19. The molecule has 2 heterocycles. The number of thiophene rings is 1. The Labute approximate surface area is 125 Å². The lowest BCUT2D eigenvalue weighted by molar-refractivity contribution is -0.117. The lowest BCUT2D eigenvalue weighted by atomic mass is 9.92. The third kappa shape index (κ3) is 3.69. The first-order valence-electron chi connectivity index (χ1n) is 6.34. The highest BCUT2D eigenvalue weighted by Gasteiger charge is 2.26. The molecule has 0 saturated heterocycles. The molecule has 21 heavy (non-hydrogen) atoms. The monoisotopic (exact) mass is 308 g/mol. The number of hydrogen-bond donors (Lipinski definition) is 2. The van der Waals surface area contributed by atoms with Crippen LogP contribution < -0.4 is 5.32 Å². The highest BCUT2D eigenvalue weighted by atomic mass is 32.1. The van der Waals surface area contributed by atoms with Crippen LogP contribution in [-0.2, 0) is 4.79 Å². The van der Waals surface area contributed by atoms with Crippen molar-refractivity contribution in [2.75, 3.05) is 5.32 Å². The summed E-state index contributed by atoms with van der Waals surface area (Å²) < 4.78 is 5.01. The summed E-state index contributed by atoms with van der Waals surface area (Å²) in [4.78, 5) is 24.0. The zero-order valence-corrected chi connectivity index (χ0v) is 12.8. The van der Waals surface area contributed by atoms with Crippen LogP contribution in [0.2, 0.25) is 0 Å². The number of carboxylic acid groups (broad SMARTS) is 1. The van der Waals surface area contributed by atoms with E-state index in [1.54, 1.807) is 12.1 Å². The maximum absolute atomic E-state index is 11.9. The summed E-state index contributed by atoms with van der Waals surface area (Å²) in [5, 5.41) is 17.4. The fourth-order valence-corrected chi connectivity index (χ4v) is 2.52. The topological polar surface area (TPSA) is 92.4 Å². The van der Waals surface area contributed by atoms with Gasteiger partial charge in [-0.15, -0.1) is 11.3 Å². The summed E-state index contributed by atoms with van der Waals surface area (Å²) in [6, 6.07) is 3.54. The maximum atomic E-state index is 11.9. The Hall–Kier alpha value is -2.15. The largest absolute Gasteiger partial charge is 0.477 e. The van der Waals surface area contributed by atoms with Gasteiger partial charge in [-0.3, -0.25) is 10.1 Å². The summed E-state index contributed by atoms with van der Waals surface area (Å²) in [5.41, 5.74) is -0.104. The third-order valence-corrected chi connectivity index (χ3v) is 3.48. The Morgan fingerprint density at radius 1 is 1.43 bits per heavy atom. The zero-order valence-electron chi connectivity index (χ0n) is 12.0. The van der Waals surface area contributed by atoms with Crippen molar-refractivity contribution in [2.24, 2.45) is 5.41 Å². The molecule has 0 radical (unpaired) electrons. The second-order valence-electron chi connectivity index (χ2n) is 5.80. The van der Waals surface area contributed by atoms with Gasteiger partial charge in [0.1, 0.15) is 5.69 Å². The van der Waals surface area contributed by atoms with Crippen molar-refractivity contribution < 1.29 is 19.2 Å². The van der Waals surface area contributed by atoms with E-state index >= 15 is 0 Å². The Morgan fingerprint density at radius 3 is 2.67 bits per heavy atom. The van der Waals surface area contributed by atoms with Gasteiger partial charge in [-0.1, -0.05) is 32.0 Å². The first kappa shape index (κ1) is 15.2. The van der Waals surface area contributed by atoms with Crippen molar-refractivity contribution in [3.8, 4) is 10.6 Å². The highest BCUT2D eigenvalue weighted by Crippen LogP contribution is 2.32. The molecule has 0 spiro atoms. The molecule has 112 valence electrons. The molecule has 0 bridgehead atoms. The molecule has 0 aromatic carbocycles. The van der Waals surface area contributed by atoms with Gasteiger partial charge in [-0.2, -0.15) is 0 Å². The molecule has 7 heteroatoms. The van der Waals surface area contributed by atoms with Gasteiger partial charge in [0.15, 0.2) is 5.56 Å². The number of nitrogens with one attached hydrogen (secondary N) is 1. The average molecular weight is 308 g/mol. The van der Waals surface area contributed by atoms with Crippen LogP contribution in [0.25, 0.3) is 10.6 Å². The van der Waals surface area contributed by atoms with E-state index in [1.807, 2.05) is 26.2 Å². The molecule has 2 rings (SSSR count). The van der Waals surface area contributed by atoms with E-state index in [0.29, 0.717) is 4.88 Å². The van der Waals surface area contributed by atoms with Gasteiger partial charge >= 0.3 is 5.97 Å². The number of carbonyl (C=O) groups excluding carboxylic acids is 1. The molecule has 2 N–H and O–H groups in total. The summed E-state index contributed by atoms with van der Waals surface area (Å²) in [5.74, 6) is -1.62. The average Bonchev–Trinajstić information content (AvgIpc) is 2.93. The van der Waals surface area contributed by atoms with E-state index in [9.17, 15) is 14.7 Å². The van der Waals surface area contributed by atoms with Gasteiger partial charge < -0.3 is 9.63 Å². The van der Waals surface area contributed by atoms with Gasteiger partial charge in [-0.25, -0.2) is 4.79 Å². The molecule has 0 saturated carbocycles. The quantitative estimate of drug-likeness (QED) is 0.902. The Balaban J connectivity index is 2.29. The van der Waals surface area contributed by atoms with Crippen LogP contribution in [0.3, 0.4) is 0 Å². The fourth-order valence-electron chi connectivity index (χ4n) is 1.81. The molecule has 0 aliphatic heterocycles. The van der Waals surface area contributed by atoms with E-state index < -0.39 is 5.97 Å². The molecule has 6 nitrogen and oxygen atoms in total. The third-order valence-electron chi connectivity index (χ3n) is 2.60. The maximum Gasteiger partial charge on any atom is 0.343 e. The van der Waals surface area contributed by atoms with Gasteiger partial charge in [0.2, 0.25) is 11.8 Å². The minimum absolute atomic E-state index is 0.125. The summed E-state index contributed by atoms with van der Waals surface area (Å²) in [6.07, 6.45) is 0.251. The number of hydrogen-bond acceptors (Lipinski definition) is 5. The predicted molar refractivity (Wildman–Crippen MR) is 79.5 cm³/mol. The van der Waals surface area contributed by atoms with Crippen molar-refractivity contribution in [2.45, 2.75) is 27.2 Å². The van der Waals surface area contributed by atoms with Crippen LogP contribution in [0, 0.1) is 5.41 Å². The van der Waals surface area contributed by atoms with Crippen LogP contribution in [-0.4, -0.2) is 22.1 Å². The number of carbonyl (C=O) groups is 2. The molecule has 0 atom stereocenters. The Bertz CT molecular complexity index is 653. The molecular weight excluding hydrogens is 292 g/mol. The van der Waals surface area contributed by atoms with E-state index in [4.69, 9.17) is 4.52 Å². The molecule has 0 fully saturated rings. The normalized spacial score (nSPS) is 11.4. The lowest BCUT2D eigenvalue weighted by Gasteiger charge is -2.16. The van der Waals surface area contributed by atoms with E-state index in [2.05, 4.69) is 10.5 Å². The number of nitrogens with zero attached hydrogens (tertiary/aromatic N) is 1. The molecule has 0 aliphatic rings. The van der Waals surface area contributed by atoms with E-state index in [0.717, 1.165) is 0 Å². The standard InChI is InChI=1S/C14H16N2O4S/c1-14(2,3)7-9(17)15-12-10(13(18)19)11(16-20-12)8-5-4-6-21-8/h4-6H,7H2,1-3H3,(H,15,17)(H,18,19). The van der Waals surface area contributed by atoms with Crippen LogP contribution >= 0.6 is 11.3 Å². The number of anilines is 1. The van der Waals surface area contributed by atoms with Crippen LogP contribution in [0.4, 0.5) is 5.88 Å². The van der Waals surface area contributed by atoms with Crippen LogP contribution in [0.5, 0.6) is 0 Å². The first-order valence-corrected chi connectivity index (χ1v) is 7.22. The van der Waals surface area contributed by atoms with Gasteiger partial charge in [-0.05, 0) is 16.9 Å². The van der Waals surface area contributed by atoms with Gasteiger partial charge in [0, 0.05) is 6.42 Å². The Kier molecular flexibility index (Phi) is 4.13. The van der Waals surface area contributed by atoms with E-state index in [-0.39, 0.29) is 34.9 Å². The number of aromatic nitrogens is 1. The second-order valence-corrected chi connectivity index (χ2v) is 6.75. The van der Waals surface area contributed by atoms with Gasteiger partial charge in [0.05, 0.1) is 4.88 Å². The molecule has 0 aliphatic carbocycles. The minimum Gasteiger partial charge on any atom is -0.477 e. The molecule has 0 unspecified atom stereocenters. The summed E-state index contributed by atoms with van der Waals surface area (Å²) >= 11 is 1.35. The van der Waals surface area contributed by atoms with Crippen molar-refractivity contribution in [1.82, 2.24) is 5.16 Å². The van der Waals surface area contributed by atoms with E-state index in [1.165, 1.54) is 11.3 Å². The molecular formula is C14H16N2O4S. The Morgan fingerprint density at radius 2 is 2.14 bits per heavy atom. The highest BCUT2D eigenvalue weighted by molar-refractivity contribution is 7.13. The number of amides is 1. The summed E-state index contributed by atoms with van der Waals surface area (Å²) in [7, 11) is 0. The SMILES string of the molecule is CC(C)(C)CC(=O)Nc1onc(-c2cccs2)c1C(=O)O. The summed E-state index contributed by atoms with van der Waals surface area (Å²) in [6.45, 7) is 5.76. The fraction of sp³-hybridized carbons (Fsp3) is 0.357. The van der Waals surface area contributed by atoms with Crippen molar-refractivity contribution in [3.63, 3.8) is 0 Å². The molecule has 2 aromatic heterocycles. The molecule has 1 amide bonds. The van der Waals surface area contributed by atoms with Gasteiger partial charge in [0.25, 0.3) is 0 Å². The molecule has 2 aromatic rings. The van der Waals surface area contributed by atoms with Crippen molar-refractivity contribution >= 4 is 29.1 Å². The van der Waals surface area contributed by atoms with Crippen molar-refractivity contribution in [3.05, 3.63) is 23.1 Å².